The maximum Gasteiger partial charge on any atom is 0.240 e. The summed E-state index contributed by atoms with van der Waals surface area (Å²) in [6.45, 7) is 13.6. The number of hydrogen-bond donors (Lipinski definition) is 2. The third-order valence-electron chi connectivity index (χ3n) is 1.36. The molecule has 19 heavy (non-hydrogen) atoms. The van der Waals surface area contributed by atoms with E-state index < -0.39 is 11.7 Å². The quantitative estimate of drug-likeness (QED) is 0.405. The lowest BCUT2D eigenvalue weighted by molar-refractivity contribution is -0.208. The Bertz CT molecular complexity index is 247. The van der Waals surface area contributed by atoms with Crippen LogP contribution in [0.4, 0.5) is 0 Å². The van der Waals surface area contributed by atoms with E-state index in [1.807, 2.05) is 20.8 Å². The van der Waals surface area contributed by atoms with E-state index in [0.29, 0.717) is 26.0 Å². The number of carbonyl (C=O) groups excluding carboxylic acids is 2. The van der Waals surface area contributed by atoms with Crippen LogP contribution in [0.2, 0.25) is 0 Å². The molecule has 1 amide bonds. The summed E-state index contributed by atoms with van der Waals surface area (Å²) in [5, 5.41) is 0. The average Bonchev–Trinajstić information content (AvgIpc) is 2.37. The van der Waals surface area contributed by atoms with Gasteiger partial charge in [0.15, 0.2) is 5.79 Å². The standard InChI is InChI=1S/C7H17NO2.C3H5NO.C3H4O/c1-4-9-7(2,3)10-6-5-8;1-2-3(4)5;1-2-3-4/h4-6,8H2,1-3H3;2H,1H2,(H2,4,5);2-3H,1H2. The highest BCUT2D eigenvalue weighted by molar-refractivity contribution is 5.84. The third kappa shape index (κ3) is 31.5. The fraction of sp³-hybridized carbons (Fsp3) is 0.538. The van der Waals surface area contributed by atoms with Crippen molar-refractivity contribution < 1.29 is 19.1 Å². The minimum Gasteiger partial charge on any atom is -0.366 e. The fourth-order valence-corrected chi connectivity index (χ4v) is 0.694. The molecule has 0 aromatic heterocycles. The highest BCUT2D eigenvalue weighted by Gasteiger charge is 2.16. The molecule has 0 bridgehead atoms. The molecule has 112 valence electrons. The SMILES string of the molecule is C=CC(N)=O.C=CC=O.CCOC(C)(C)OCCN. The minimum absolute atomic E-state index is 0.478. The lowest BCUT2D eigenvalue weighted by Crippen LogP contribution is -2.30. The minimum atomic E-state index is -0.481. The monoisotopic (exact) mass is 274 g/mol. The van der Waals surface area contributed by atoms with Gasteiger partial charge < -0.3 is 20.9 Å². The van der Waals surface area contributed by atoms with E-state index in [-0.39, 0.29) is 0 Å². The first-order chi connectivity index (χ1) is 8.81. The van der Waals surface area contributed by atoms with E-state index in [1.54, 1.807) is 0 Å². The molecule has 0 radical (unpaired) electrons. The molecule has 0 aromatic rings. The number of rotatable bonds is 7. The Morgan fingerprint density at radius 1 is 1.32 bits per heavy atom. The number of allylic oxidation sites excluding steroid dienone is 1. The molecule has 0 saturated heterocycles. The van der Waals surface area contributed by atoms with Crippen LogP contribution in [-0.4, -0.2) is 37.7 Å². The van der Waals surface area contributed by atoms with E-state index in [1.165, 1.54) is 6.08 Å². The van der Waals surface area contributed by atoms with Gasteiger partial charge >= 0.3 is 0 Å². The molecular weight excluding hydrogens is 248 g/mol. The molecule has 0 heterocycles. The van der Waals surface area contributed by atoms with E-state index in [9.17, 15) is 4.79 Å². The van der Waals surface area contributed by atoms with Crippen molar-refractivity contribution in [3.05, 3.63) is 25.3 Å². The van der Waals surface area contributed by atoms with Crippen molar-refractivity contribution in [3.63, 3.8) is 0 Å². The molecule has 0 aliphatic heterocycles. The highest BCUT2D eigenvalue weighted by Crippen LogP contribution is 2.09. The maximum atomic E-state index is 9.47. The number of nitrogens with two attached hydrogens (primary N) is 2. The average molecular weight is 274 g/mol. The van der Waals surface area contributed by atoms with Crippen molar-refractivity contribution in [1.82, 2.24) is 0 Å². The summed E-state index contributed by atoms with van der Waals surface area (Å²) in [6.07, 6.45) is 2.89. The predicted molar refractivity (Wildman–Crippen MR) is 76.4 cm³/mol. The number of amides is 1. The topological polar surface area (TPSA) is 105 Å². The van der Waals surface area contributed by atoms with Crippen molar-refractivity contribution in [2.45, 2.75) is 26.6 Å². The van der Waals surface area contributed by atoms with Crippen molar-refractivity contribution in [2.75, 3.05) is 19.8 Å². The van der Waals surface area contributed by atoms with Gasteiger partial charge in [0.05, 0.1) is 6.61 Å². The summed E-state index contributed by atoms with van der Waals surface area (Å²) in [5.41, 5.74) is 9.79. The summed E-state index contributed by atoms with van der Waals surface area (Å²) >= 11 is 0. The Kier molecular flexibility index (Phi) is 19.7. The van der Waals surface area contributed by atoms with Gasteiger partial charge in [0.2, 0.25) is 5.91 Å². The van der Waals surface area contributed by atoms with Crippen LogP contribution in [0.25, 0.3) is 0 Å². The second-order valence-electron chi connectivity index (χ2n) is 3.45. The van der Waals surface area contributed by atoms with Gasteiger partial charge in [-0.15, -0.1) is 0 Å². The van der Waals surface area contributed by atoms with Crippen molar-refractivity contribution >= 4 is 12.2 Å². The normalized spacial score (nSPS) is 9.05. The van der Waals surface area contributed by atoms with Gasteiger partial charge in [-0.25, -0.2) is 0 Å². The molecule has 0 aliphatic carbocycles. The van der Waals surface area contributed by atoms with Crippen molar-refractivity contribution in [3.8, 4) is 0 Å². The van der Waals surface area contributed by atoms with Gasteiger partial charge in [-0.1, -0.05) is 13.2 Å². The van der Waals surface area contributed by atoms with Gasteiger partial charge in [-0.05, 0) is 32.9 Å². The van der Waals surface area contributed by atoms with Gasteiger partial charge in [0.1, 0.15) is 6.29 Å². The first-order valence-corrected chi connectivity index (χ1v) is 5.77. The van der Waals surface area contributed by atoms with E-state index in [4.69, 9.17) is 20.0 Å². The van der Waals surface area contributed by atoms with E-state index in [0.717, 1.165) is 6.08 Å². The van der Waals surface area contributed by atoms with Crippen LogP contribution in [0.15, 0.2) is 25.3 Å². The Balaban J connectivity index is -0.000000238. The van der Waals surface area contributed by atoms with Crippen molar-refractivity contribution in [1.29, 1.82) is 0 Å². The highest BCUT2D eigenvalue weighted by atomic mass is 16.7. The zero-order chi connectivity index (χ0) is 15.7. The van der Waals surface area contributed by atoms with Gasteiger partial charge in [0.25, 0.3) is 0 Å². The third-order valence-corrected chi connectivity index (χ3v) is 1.36. The number of primary amides is 1. The Morgan fingerprint density at radius 3 is 1.95 bits per heavy atom. The first kappa shape index (κ1) is 22.7. The molecule has 0 atom stereocenters. The summed E-state index contributed by atoms with van der Waals surface area (Å²) in [4.78, 5) is 18.5. The Morgan fingerprint density at radius 2 is 1.74 bits per heavy atom. The number of hydrogen-bond acceptors (Lipinski definition) is 5. The molecular formula is C13H26N2O4. The van der Waals surface area contributed by atoms with E-state index >= 15 is 0 Å². The van der Waals surface area contributed by atoms with Gasteiger partial charge in [-0.3, -0.25) is 9.59 Å². The second kappa shape index (κ2) is 16.5. The molecule has 4 N–H and O–H groups in total. The molecule has 0 spiro atoms. The Hall–Kier alpha value is -1.50. The molecule has 0 saturated carbocycles. The summed E-state index contributed by atoms with van der Waals surface area (Å²) in [7, 11) is 0. The molecule has 0 rings (SSSR count). The molecule has 0 unspecified atom stereocenters. The Labute approximate surface area is 115 Å². The number of aldehydes is 1. The van der Waals surface area contributed by atoms with Gasteiger partial charge in [-0.2, -0.15) is 0 Å². The molecule has 0 aromatic carbocycles. The van der Waals surface area contributed by atoms with Crippen LogP contribution in [0.1, 0.15) is 20.8 Å². The molecule has 0 aliphatic rings. The molecule has 0 fully saturated rings. The number of carbonyl (C=O) groups is 2. The van der Waals surface area contributed by atoms with Crippen molar-refractivity contribution in [2.24, 2.45) is 11.5 Å². The summed E-state index contributed by atoms with van der Waals surface area (Å²) in [5.74, 6) is -0.960. The van der Waals surface area contributed by atoms with E-state index in [2.05, 4.69) is 18.9 Å². The zero-order valence-corrected chi connectivity index (χ0v) is 12.1. The smallest absolute Gasteiger partial charge is 0.240 e. The summed E-state index contributed by atoms with van der Waals surface area (Å²) in [6, 6.07) is 0. The lowest BCUT2D eigenvalue weighted by Gasteiger charge is -2.24. The predicted octanol–water partition coefficient (Wildman–Crippen LogP) is 0.763. The van der Waals surface area contributed by atoms with Crippen LogP contribution >= 0.6 is 0 Å². The van der Waals surface area contributed by atoms with Crippen LogP contribution in [0.3, 0.4) is 0 Å². The fourth-order valence-electron chi connectivity index (χ4n) is 0.694. The van der Waals surface area contributed by atoms with Crippen LogP contribution in [0.5, 0.6) is 0 Å². The molecule has 6 nitrogen and oxygen atoms in total. The lowest BCUT2D eigenvalue weighted by atomic mass is 10.4. The maximum absolute atomic E-state index is 9.47. The number of ether oxygens (including phenoxy) is 2. The van der Waals surface area contributed by atoms with Crippen LogP contribution in [-0.2, 0) is 19.1 Å². The zero-order valence-electron chi connectivity index (χ0n) is 12.1. The molecule has 6 heteroatoms. The first-order valence-electron chi connectivity index (χ1n) is 5.77. The largest absolute Gasteiger partial charge is 0.366 e. The van der Waals surface area contributed by atoms with Crippen LogP contribution in [0, 0.1) is 0 Å². The van der Waals surface area contributed by atoms with Gasteiger partial charge in [0, 0.05) is 13.2 Å². The summed E-state index contributed by atoms with van der Waals surface area (Å²) < 4.78 is 10.5. The van der Waals surface area contributed by atoms with Crippen LogP contribution < -0.4 is 11.5 Å². The second-order valence-corrected chi connectivity index (χ2v) is 3.45.